The Morgan fingerprint density at radius 3 is 2.23 bits per heavy atom. The van der Waals surface area contributed by atoms with E-state index in [1.165, 1.54) is 0 Å². The van der Waals surface area contributed by atoms with Crippen molar-refractivity contribution < 1.29 is 4.79 Å². The van der Waals surface area contributed by atoms with E-state index in [0.717, 1.165) is 73.7 Å². The van der Waals surface area contributed by atoms with Crippen LogP contribution in [0.4, 0.5) is 11.6 Å². The van der Waals surface area contributed by atoms with Crippen LogP contribution in [0.2, 0.25) is 49.3 Å². The number of carbonyl (C=O) groups is 1. The van der Waals surface area contributed by atoms with Crippen LogP contribution in [0.1, 0.15) is 49.6 Å². The molecule has 6 aromatic heterocycles. The average molecular weight is 1170 g/mol. The largest absolute Gasteiger partial charge is 0.383 e. The molecule has 0 bridgehead atoms. The number of halogens is 5. The van der Waals surface area contributed by atoms with Gasteiger partial charge >= 0.3 is 0 Å². The van der Waals surface area contributed by atoms with E-state index < -0.39 is 16.1 Å². The highest BCUT2D eigenvalue weighted by Gasteiger charge is 2.14. The number of H-pyrrole nitrogens is 1. The number of hydrogen-bond acceptors (Lipinski definition) is 8. The summed E-state index contributed by atoms with van der Waals surface area (Å²) >= 11 is 21.3. The zero-order valence-electron chi connectivity index (χ0n) is 37.1. The SMILES string of the molecule is C#C[Si](C)(C)C.Cc1c(Br)cnc(N)c1C#C[Si](C)(C)C.Cc1c(CNC(=O)c2ccnc(Cc3ccc4ncc(Cl)cc4c3)c2)cnc2[nH]cc(Cl)c12.Cc1nc(N)c(I)cc1Br. The summed E-state index contributed by atoms with van der Waals surface area (Å²) in [6.07, 6.45) is 14.2. The molecule has 0 aliphatic rings. The Labute approximate surface area is 418 Å². The molecule has 0 aliphatic carbocycles. The molecule has 0 saturated heterocycles. The number of amides is 1. The second-order valence-corrected chi connectivity index (χ2v) is 29.9. The minimum Gasteiger partial charge on any atom is -0.383 e. The lowest BCUT2D eigenvalue weighted by Gasteiger charge is -2.10. The van der Waals surface area contributed by atoms with Crippen LogP contribution in [-0.4, -0.2) is 52.0 Å². The van der Waals surface area contributed by atoms with Crippen LogP contribution in [-0.2, 0) is 13.0 Å². The number of anilines is 2. The number of fused-ring (bicyclic) bond motifs is 2. The molecule has 0 aliphatic heterocycles. The Kier molecular flexibility index (Phi) is 19.0. The van der Waals surface area contributed by atoms with E-state index in [-0.39, 0.29) is 5.91 Å². The Bertz CT molecular complexity index is 2870. The van der Waals surface area contributed by atoms with Crippen LogP contribution in [0.25, 0.3) is 21.9 Å². The van der Waals surface area contributed by atoms with Gasteiger partial charge in [-0.1, -0.05) is 74.5 Å². The molecule has 7 aromatic rings. The highest BCUT2D eigenvalue weighted by atomic mass is 127. The van der Waals surface area contributed by atoms with Gasteiger partial charge in [-0.05, 0) is 134 Å². The van der Waals surface area contributed by atoms with Crippen LogP contribution in [0.15, 0.2) is 82.4 Å². The first kappa shape index (κ1) is 52.3. The summed E-state index contributed by atoms with van der Waals surface area (Å²) in [5.41, 5.74) is 26.2. The number of rotatable bonds is 5. The standard InChI is InChI=1S/C25H19Cl2N5O.C11H15BrN2Si.C6H6BrIN2.C5H10Si/c1-14-18(10-30-24-23(14)21(27)13-31-24)11-32-25(33)16-4-5-28-20(9-16)7-15-2-3-22-17(6-15)8-19(26)12-29-22;1-8-9(5-6-15(2,3)4)11(13)14-7-10(8)12;1-3-4(7)2-5(8)6(9)10-3;1-5-6(2,3)4/h2-6,8-10,12-13H,7,11H2,1H3,(H,30,31)(H,32,33);7H,1-4H3,(H2,13,14);2H,1H3,(H2,9,10);1H,2-4H3. The molecule has 0 saturated carbocycles. The van der Waals surface area contributed by atoms with E-state index >= 15 is 0 Å². The fraction of sp³-hybridized carbons (Fsp3) is 0.234. The fourth-order valence-corrected chi connectivity index (χ4v) is 7.91. The first-order valence-electron chi connectivity index (χ1n) is 19.8. The van der Waals surface area contributed by atoms with Crippen molar-refractivity contribution in [3.8, 4) is 23.4 Å². The van der Waals surface area contributed by atoms with Crippen molar-refractivity contribution in [2.24, 2.45) is 0 Å². The molecule has 0 fully saturated rings. The third-order valence-corrected chi connectivity index (χ3v) is 13.8. The van der Waals surface area contributed by atoms with Crippen LogP contribution in [0.3, 0.4) is 0 Å². The van der Waals surface area contributed by atoms with Gasteiger partial charge in [0, 0.05) is 74.9 Å². The number of aromatic nitrogens is 6. The quantitative estimate of drug-likeness (QED) is 0.0752. The van der Waals surface area contributed by atoms with E-state index in [4.69, 9.17) is 41.1 Å². The molecule has 1 aromatic carbocycles. The van der Waals surface area contributed by atoms with Gasteiger partial charge in [0.2, 0.25) is 0 Å². The number of carbonyl (C=O) groups excluding carboxylic acids is 1. The first-order valence-corrected chi connectivity index (χ1v) is 30.3. The number of nitrogen functional groups attached to an aromatic ring is 2. The Morgan fingerprint density at radius 1 is 0.875 bits per heavy atom. The summed E-state index contributed by atoms with van der Waals surface area (Å²) in [5.74, 6) is 4.10. The molecule has 0 radical (unpaired) electrons. The number of nitrogens with zero attached hydrogens (tertiary/aromatic N) is 5. The Morgan fingerprint density at radius 2 is 1.58 bits per heavy atom. The Hall–Kier alpha value is -4.34. The van der Waals surface area contributed by atoms with E-state index in [1.807, 2.05) is 57.2 Å². The van der Waals surface area contributed by atoms with Crippen molar-refractivity contribution in [1.29, 1.82) is 0 Å². The van der Waals surface area contributed by atoms with Gasteiger partial charge in [-0.3, -0.25) is 14.8 Å². The second kappa shape index (κ2) is 23.2. The third-order valence-electron chi connectivity index (χ3n) is 9.07. The normalized spacial score (nSPS) is 10.8. The molecule has 17 heteroatoms. The number of aryl methyl sites for hydroxylation is 2. The van der Waals surface area contributed by atoms with Gasteiger partial charge < -0.3 is 21.8 Å². The summed E-state index contributed by atoms with van der Waals surface area (Å²) in [6, 6.07) is 13.4. The highest BCUT2D eigenvalue weighted by molar-refractivity contribution is 14.1. The third kappa shape index (κ3) is 15.7. The smallest absolute Gasteiger partial charge is 0.251 e. The van der Waals surface area contributed by atoms with Crippen molar-refractivity contribution in [1.82, 2.24) is 35.2 Å². The summed E-state index contributed by atoms with van der Waals surface area (Å²) in [7, 11) is -2.47. The minimum absolute atomic E-state index is 0.173. The number of benzene rings is 1. The van der Waals surface area contributed by atoms with Crippen LogP contribution in [0, 0.1) is 47.8 Å². The number of nitrogens with two attached hydrogens (primary N) is 2. The van der Waals surface area contributed by atoms with Gasteiger partial charge in [0.15, 0.2) is 0 Å². The Balaban J connectivity index is 0.000000237. The summed E-state index contributed by atoms with van der Waals surface area (Å²) < 4.78 is 2.94. The lowest BCUT2D eigenvalue weighted by atomic mass is 10.0. The molecule has 64 heavy (non-hydrogen) atoms. The van der Waals surface area contributed by atoms with Crippen molar-refractivity contribution in [2.75, 3.05) is 11.5 Å². The summed E-state index contributed by atoms with van der Waals surface area (Å²) in [5, 5.41) is 6.03. The number of pyridine rings is 5. The van der Waals surface area contributed by atoms with E-state index in [0.29, 0.717) is 40.2 Å². The van der Waals surface area contributed by atoms with Crippen molar-refractivity contribution >= 4 is 133 Å². The maximum atomic E-state index is 12.8. The maximum absolute atomic E-state index is 12.8. The van der Waals surface area contributed by atoms with E-state index in [1.54, 1.807) is 37.1 Å². The molecular weight excluding hydrogens is 1120 g/mol. The average Bonchev–Trinajstić information content (AvgIpc) is 3.62. The molecule has 0 unspecified atom stereocenters. The lowest BCUT2D eigenvalue weighted by molar-refractivity contribution is 0.0950. The number of hydrogen-bond donors (Lipinski definition) is 4. The second-order valence-electron chi connectivity index (χ2n) is 16.7. The van der Waals surface area contributed by atoms with Crippen molar-refractivity contribution in [2.45, 2.75) is 73.0 Å². The molecule has 0 atom stereocenters. The van der Waals surface area contributed by atoms with Gasteiger partial charge in [0.05, 0.1) is 30.4 Å². The van der Waals surface area contributed by atoms with Crippen molar-refractivity contribution in [3.63, 3.8) is 0 Å². The molecule has 6 heterocycles. The predicted molar refractivity (Wildman–Crippen MR) is 288 cm³/mol. The molecule has 7 rings (SSSR count). The maximum Gasteiger partial charge on any atom is 0.251 e. The molecular formula is C47H50Br2Cl2IN9OSi2. The first-order chi connectivity index (χ1) is 30.0. The molecule has 10 nitrogen and oxygen atoms in total. The van der Waals surface area contributed by atoms with E-state index in [9.17, 15) is 4.79 Å². The van der Waals surface area contributed by atoms with Gasteiger partial charge in [-0.2, -0.15) is 0 Å². The number of aromatic amines is 1. The molecule has 6 N–H and O–H groups in total. The topological polar surface area (TPSA) is 161 Å². The van der Waals surface area contributed by atoms with Crippen molar-refractivity contribution in [3.05, 3.63) is 141 Å². The van der Waals surface area contributed by atoms with Crippen LogP contribution in [0.5, 0.6) is 0 Å². The fourth-order valence-electron chi connectivity index (χ4n) is 5.48. The van der Waals surface area contributed by atoms with Gasteiger partial charge in [-0.15, -0.1) is 17.5 Å². The van der Waals surface area contributed by atoms with Gasteiger partial charge in [-0.25, -0.2) is 15.0 Å². The highest BCUT2D eigenvalue weighted by Crippen LogP contribution is 2.27. The molecule has 332 valence electrons. The minimum atomic E-state index is -1.36. The van der Waals surface area contributed by atoms with Gasteiger partial charge in [0.1, 0.15) is 33.4 Å². The zero-order valence-corrected chi connectivity index (χ0v) is 45.9. The monoisotopic (exact) mass is 1170 g/mol. The summed E-state index contributed by atoms with van der Waals surface area (Å²) in [6.45, 7) is 19.3. The predicted octanol–water partition coefficient (Wildman–Crippen LogP) is 12.4. The van der Waals surface area contributed by atoms with Crippen LogP contribution < -0.4 is 16.8 Å². The number of terminal acetylenes is 1. The summed E-state index contributed by atoms with van der Waals surface area (Å²) in [4.78, 5) is 37.2. The van der Waals surface area contributed by atoms with Gasteiger partial charge in [0.25, 0.3) is 5.91 Å². The van der Waals surface area contributed by atoms with E-state index in [2.05, 4.69) is 146 Å². The molecule has 1 amide bonds. The molecule has 0 spiro atoms. The van der Waals surface area contributed by atoms with Crippen LogP contribution >= 0.6 is 77.7 Å². The zero-order chi connectivity index (χ0) is 47.5. The number of nitrogens with one attached hydrogen (secondary N) is 2. The lowest BCUT2D eigenvalue weighted by Crippen LogP contribution is -2.23.